The quantitative estimate of drug-likeness (QED) is 0.347. The van der Waals surface area contributed by atoms with Crippen LogP contribution in [0.2, 0.25) is 0 Å². The number of benzene rings is 1. The molecule has 1 aliphatic rings. The van der Waals surface area contributed by atoms with Gasteiger partial charge in [-0.25, -0.2) is 0 Å². The van der Waals surface area contributed by atoms with E-state index >= 15 is 0 Å². The lowest BCUT2D eigenvalue weighted by Gasteiger charge is -2.35. The maximum absolute atomic E-state index is 13.6. The number of likely N-dealkylation sites (N-methyl/N-ethyl adjacent to an activating group) is 1. The minimum atomic E-state index is -4.39. The lowest BCUT2D eigenvalue weighted by Crippen LogP contribution is -2.45. The SMILES string of the molecule is COc1cc(Cn2c(=O)cc(N3CCN(C)CC3)c3c(C)nc(C)cc32)ccc1-c1cc(C)sc1S(=O)(=O)O. The third-order valence-electron chi connectivity index (χ3n) is 7.18. The van der Waals surface area contributed by atoms with Gasteiger partial charge in [0.05, 0.1) is 24.9 Å². The van der Waals surface area contributed by atoms with Crippen molar-refractivity contribution in [3.05, 3.63) is 68.6 Å². The maximum Gasteiger partial charge on any atom is 0.304 e. The van der Waals surface area contributed by atoms with Crippen molar-refractivity contribution >= 4 is 38.0 Å². The molecule has 39 heavy (non-hydrogen) atoms. The van der Waals surface area contributed by atoms with Gasteiger partial charge in [-0.15, -0.1) is 11.3 Å². The molecule has 1 saturated heterocycles. The van der Waals surface area contributed by atoms with Gasteiger partial charge in [0.1, 0.15) is 5.75 Å². The Morgan fingerprint density at radius 3 is 2.41 bits per heavy atom. The number of thiophene rings is 1. The van der Waals surface area contributed by atoms with E-state index in [-0.39, 0.29) is 9.77 Å². The molecule has 0 bridgehead atoms. The third-order valence-corrected chi connectivity index (χ3v) is 9.59. The highest BCUT2D eigenvalue weighted by atomic mass is 32.3. The van der Waals surface area contributed by atoms with Crippen LogP contribution in [0.4, 0.5) is 5.69 Å². The molecule has 0 aliphatic carbocycles. The summed E-state index contributed by atoms with van der Waals surface area (Å²) < 4.78 is 41.0. The van der Waals surface area contributed by atoms with Crippen molar-refractivity contribution in [1.29, 1.82) is 0 Å². The Bertz CT molecular complexity index is 1740. The minimum Gasteiger partial charge on any atom is -0.496 e. The number of aromatic nitrogens is 2. The van der Waals surface area contributed by atoms with E-state index in [4.69, 9.17) is 9.72 Å². The van der Waals surface area contributed by atoms with Crippen LogP contribution in [-0.2, 0) is 16.7 Å². The predicted octanol–water partition coefficient (Wildman–Crippen LogP) is 4.11. The van der Waals surface area contributed by atoms with E-state index < -0.39 is 10.1 Å². The molecule has 0 unspecified atom stereocenters. The molecule has 0 spiro atoms. The van der Waals surface area contributed by atoms with Crippen molar-refractivity contribution in [2.75, 3.05) is 45.2 Å². The molecule has 0 radical (unpaired) electrons. The minimum absolute atomic E-state index is 0.105. The summed E-state index contributed by atoms with van der Waals surface area (Å²) in [5, 5.41) is 0.972. The van der Waals surface area contributed by atoms with Crippen LogP contribution >= 0.6 is 11.3 Å². The summed E-state index contributed by atoms with van der Waals surface area (Å²) in [6.07, 6.45) is 0. The number of aryl methyl sites for hydroxylation is 3. The Balaban J connectivity index is 1.60. The predicted molar refractivity (Wildman–Crippen MR) is 155 cm³/mol. The van der Waals surface area contributed by atoms with Gasteiger partial charge in [-0.05, 0) is 51.6 Å². The van der Waals surface area contributed by atoms with E-state index in [0.717, 1.165) is 75.9 Å². The van der Waals surface area contributed by atoms with Crippen LogP contribution in [-0.4, -0.2) is 67.8 Å². The zero-order chi connectivity index (χ0) is 28.1. The first-order chi connectivity index (χ1) is 18.5. The van der Waals surface area contributed by atoms with Gasteiger partial charge in [0.2, 0.25) is 0 Å². The Morgan fingerprint density at radius 1 is 1.03 bits per heavy atom. The molecule has 0 amide bonds. The molecule has 206 valence electrons. The van der Waals surface area contributed by atoms with Gasteiger partial charge in [-0.1, -0.05) is 12.1 Å². The molecule has 0 saturated carbocycles. The third kappa shape index (κ3) is 5.31. The van der Waals surface area contributed by atoms with Crippen molar-refractivity contribution in [1.82, 2.24) is 14.5 Å². The topological polar surface area (TPSA) is 105 Å². The first-order valence-corrected chi connectivity index (χ1v) is 14.9. The monoisotopic (exact) mass is 568 g/mol. The number of ether oxygens (including phenoxy) is 1. The summed E-state index contributed by atoms with van der Waals surface area (Å²) in [6, 6.07) is 10.8. The summed E-state index contributed by atoms with van der Waals surface area (Å²) in [4.78, 5) is 23.6. The molecule has 1 aromatic carbocycles. The van der Waals surface area contributed by atoms with Crippen LogP contribution in [0.25, 0.3) is 22.0 Å². The number of hydrogen-bond donors (Lipinski definition) is 1. The Morgan fingerprint density at radius 2 is 1.74 bits per heavy atom. The lowest BCUT2D eigenvalue weighted by atomic mass is 10.0. The first kappa shape index (κ1) is 27.3. The van der Waals surface area contributed by atoms with Crippen LogP contribution in [0.3, 0.4) is 0 Å². The fourth-order valence-electron chi connectivity index (χ4n) is 5.29. The number of pyridine rings is 2. The van der Waals surface area contributed by atoms with Gasteiger partial charge >= 0.3 is 10.1 Å². The first-order valence-electron chi connectivity index (χ1n) is 12.7. The van der Waals surface area contributed by atoms with Gasteiger partial charge in [0.25, 0.3) is 5.56 Å². The summed E-state index contributed by atoms with van der Waals surface area (Å²) in [5.41, 5.74) is 5.12. The zero-order valence-corrected chi connectivity index (χ0v) is 24.3. The molecule has 4 aromatic rings. The second-order valence-corrected chi connectivity index (χ2v) is 12.9. The van der Waals surface area contributed by atoms with Gasteiger partial charge in [-0.2, -0.15) is 8.42 Å². The molecular formula is C28H32N4O5S2. The van der Waals surface area contributed by atoms with Gasteiger partial charge < -0.3 is 19.1 Å². The van der Waals surface area contributed by atoms with Gasteiger partial charge in [0, 0.05) is 65.0 Å². The summed E-state index contributed by atoms with van der Waals surface area (Å²) in [6.45, 7) is 9.53. The Hall–Kier alpha value is -3.25. The Labute approximate surface area is 232 Å². The van der Waals surface area contributed by atoms with Crippen LogP contribution in [0.1, 0.15) is 21.8 Å². The summed E-state index contributed by atoms with van der Waals surface area (Å²) in [7, 11) is -0.777. The molecule has 1 aliphatic heterocycles. The largest absolute Gasteiger partial charge is 0.496 e. The smallest absolute Gasteiger partial charge is 0.304 e. The fraction of sp³-hybridized carbons (Fsp3) is 0.357. The second-order valence-electron chi connectivity index (χ2n) is 10.1. The number of methoxy groups -OCH3 is 1. The van der Waals surface area contributed by atoms with E-state index in [1.807, 2.05) is 32.0 Å². The van der Waals surface area contributed by atoms with E-state index in [9.17, 15) is 17.8 Å². The molecule has 4 heterocycles. The number of anilines is 1. The van der Waals surface area contributed by atoms with Gasteiger partial charge in [0.15, 0.2) is 4.21 Å². The van der Waals surface area contributed by atoms with E-state index in [2.05, 4.69) is 16.8 Å². The highest BCUT2D eigenvalue weighted by Gasteiger charge is 2.24. The van der Waals surface area contributed by atoms with Crippen molar-refractivity contribution in [3.63, 3.8) is 0 Å². The Kier molecular flexibility index (Phi) is 7.27. The fourth-order valence-corrected chi connectivity index (χ4v) is 7.30. The van der Waals surface area contributed by atoms with Crippen molar-refractivity contribution in [2.45, 2.75) is 31.5 Å². The highest BCUT2D eigenvalue weighted by Crippen LogP contribution is 2.40. The van der Waals surface area contributed by atoms with Crippen LogP contribution in [0, 0.1) is 20.8 Å². The van der Waals surface area contributed by atoms with E-state index in [1.165, 1.54) is 7.11 Å². The molecule has 5 rings (SSSR count). The molecule has 3 aromatic heterocycles. The van der Waals surface area contributed by atoms with Crippen LogP contribution in [0.15, 0.2) is 45.4 Å². The van der Waals surface area contributed by atoms with Crippen molar-refractivity contribution in [3.8, 4) is 16.9 Å². The van der Waals surface area contributed by atoms with Crippen LogP contribution in [0.5, 0.6) is 5.75 Å². The standard InChI is InChI=1S/C28H32N4O5S2/c1-17-12-24-27(19(3)29-17)23(31-10-8-30(4)9-11-31)15-26(33)32(24)16-20-6-7-21(25(14-20)37-5)22-13-18(2)38-28(22)39(34,35)36/h6-7,12-15H,8-11,16H2,1-5H3,(H,34,35,36). The average molecular weight is 569 g/mol. The van der Waals surface area contributed by atoms with E-state index in [1.54, 1.807) is 29.7 Å². The molecule has 1 N–H and O–H groups in total. The van der Waals surface area contributed by atoms with E-state index in [0.29, 0.717) is 23.4 Å². The van der Waals surface area contributed by atoms with Crippen LogP contribution < -0.4 is 15.2 Å². The molecule has 9 nitrogen and oxygen atoms in total. The van der Waals surface area contributed by atoms with Crippen molar-refractivity contribution < 1.29 is 17.7 Å². The molecule has 11 heteroatoms. The molecule has 0 atom stereocenters. The summed E-state index contributed by atoms with van der Waals surface area (Å²) >= 11 is 1.01. The second kappa shape index (κ2) is 10.4. The van der Waals surface area contributed by atoms with Crippen molar-refractivity contribution in [2.24, 2.45) is 0 Å². The number of piperazine rings is 1. The molecule has 1 fully saturated rings. The number of fused-ring (bicyclic) bond motifs is 1. The number of hydrogen-bond acceptors (Lipinski definition) is 8. The lowest BCUT2D eigenvalue weighted by molar-refractivity contribution is 0.313. The number of nitrogens with zero attached hydrogens (tertiary/aromatic N) is 4. The number of rotatable bonds is 6. The molecular weight excluding hydrogens is 536 g/mol. The van der Waals surface area contributed by atoms with Gasteiger partial charge in [-0.3, -0.25) is 14.3 Å². The zero-order valence-electron chi connectivity index (χ0n) is 22.7. The average Bonchev–Trinajstić information content (AvgIpc) is 3.28. The maximum atomic E-state index is 13.6. The summed E-state index contributed by atoms with van der Waals surface area (Å²) in [5.74, 6) is 0.454. The highest BCUT2D eigenvalue weighted by molar-refractivity contribution is 7.88. The normalized spacial score (nSPS) is 14.8.